The zero-order chi connectivity index (χ0) is 21.1. The van der Waals surface area contributed by atoms with Gasteiger partial charge in [-0.15, -0.1) is 0 Å². The average Bonchev–Trinajstić information content (AvgIpc) is 2.72. The fourth-order valence-electron chi connectivity index (χ4n) is 3.14. The first-order chi connectivity index (χ1) is 14.5. The summed E-state index contributed by atoms with van der Waals surface area (Å²) in [5.41, 5.74) is 6.84. The van der Waals surface area contributed by atoms with Gasteiger partial charge in [-0.05, 0) is 42.6 Å². The largest absolute Gasteiger partial charge is 0.405 e. The number of allylic oxidation sites excluding steroid dienone is 1. The van der Waals surface area contributed by atoms with Gasteiger partial charge < -0.3 is 10.6 Å². The third-order valence-corrected chi connectivity index (χ3v) is 4.69. The van der Waals surface area contributed by atoms with Crippen molar-refractivity contribution in [2.24, 2.45) is 10.7 Å². The van der Waals surface area contributed by atoms with Crippen LogP contribution in [0.25, 0.3) is 5.69 Å². The van der Waals surface area contributed by atoms with Crippen LogP contribution in [0, 0.1) is 5.82 Å². The van der Waals surface area contributed by atoms with Crippen LogP contribution in [0.5, 0.6) is 0 Å². The van der Waals surface area contributed by atoms with Gasteiger partial charge in [0.05, 0.1) is 24.5 Å². The number of hydrogen-bond acceptors (Lipinski definition) is 5. The number of rotatable bonds is 5. The molecule has 1 aliphatic rings. The number of para-hydroxylation sites is 1. The predicted octanol–water partition coefficient (Wildman–Crippen LogP) is 3.12. The van der Waals surface area contributed by atoms with Crippen LogP contribution >= 0.6 is 0 Å². The lowest BCUT2D eigenvalue weighted by Crippen LogP contribution is -2.48. The normalized spacial score (nSPS) is 14.9. The van der Waals surface area contributed by atoms with E-state index in [4.69, 9.17) is 5.73 Å². The van der Waals surface area contributed by atoms with E-state index in [9.17, 15) is 13.6 Å². The van der Waals surface area contributed by atoms with Crippen molar-refractivity contribution in [2.75, 3.05) is 18.0 Å². The molecule has 0 atom stereocenters. The first-order valence-electron chi connectivity index (χ1n) is 9.36. The Hall–Kier alpha value is -3.81. The second-order valence-corrected chi connectivity index (χ2v) is 6.80. The quantitative estimate of drug-likeness (QED) is 0.660. The lowest BCUT2D eigenvalue weighted by atomic mass is 10.1. The van der Waals surface area contributed by atoms with Gasteiger partial charge in [-0.2, -0.15) is 5.10 Å². The van der Waals surface area contributed by atoms with E-state index in [1.54, 1.807) is 29.2 Å². The number of aromatic nitrogens is 2. The Morgan fingerprint density at radius 1 is 1.17 bits per heavy atom. The molecule has 0 spiro atoms. The molecule has 0 saturated carbocycles. The third-order valence-electron chi connectivity index (χ3n) is 4.69. The fourth-order valence-corrected chi connectivity index (χ4v) is 3.14. The summed E-state index contributed by atoms with van der Waals surface area (Å²) < 4.78 is 29.1. The van der Waals surface area contributed by atoms with Crippen LogP contribution in [0.1, 0.15) is 5.69 Å². The Labute approximate surface area is 171 Å². The molecule has 30 heavy (non-hydrogen) atoms. The van der Waals surface area contributed by atoms with Gasteiger partial charge in [-0.1, -0.05) is 18.2 Å². The molecule has 0 bridgehead atoms. The maximum Gasteiger partial charge on any atom is 0.209 e. The molecule has 1 aromatic heterocycles. The van der Waals surface area contributed by atoms with Crippen molar-refractivity contribution in [1.29, 1.82) is 0 Å². The topological polar surface area (TPSA) is 76.5 Å². The Morgan fingerprint density at radius 3 is 2.60 bits per heavy atom. The van der Waals surface area contributed by atoms with Crippen molar-refractivity contribution >= 4 is 17.1 Å². The molecular weight excluding hydrogens is 388 g/mol. The third kappa shape index (κ3) is 3.98. The van der Waals surface area contributed by atoms with Crippen molar-refractivity contribution in [3.05, 3.63) is 94.8 Å². The summed E-state index contributed by atoms with van der Waals surface area (Å²) >= 11 is 0. The molecule has 0 aliphatic carbocycles. The maximum absolute atomic E-state index is 14.8. The molecule has 2 heterocycles. The lowest BCUT2D eigenvalue weighted by Gasteiger charge is -2.36. The summed E-state index contributed by atoms with van der Waals surface area (Å²) in [7, 11) is 0. The van der Waals surface area contributed by atoms with Crippen molar-refractivity contribution in [3.8, 4) is 5.69 Å². The second kappa shape index (κ2) is 8.28. The monoisotopic (exact) mass is 407 g/mol. The molecule has 3 aromatic rings. The first-order valence-corrected chi connectivity index (χ1v) is 9.36. The number of hydrogen-bond donors (Lipinski definition) is 1. The summed E-state index contributed by atoms with van der Waals surface area (Å²) in [5, 5.41) is 4.29. The van der Waals surface area contributed by atoms with Crippen molar-refractivity contribution in [3.63, 3.8) is 0 Å². The molecule has 1 aliphatic heterocycles. The average molecular weight is 407 g/mol. The molecular formula is C22H19F2N5O. The summed E-state index contributed by atoms with van der Waals surface area (Å²) in [5.74, 6) is -0.534. The first kappa shape index (κ1) is 19.5. The molecule has 8 heteroatoms. The number of nitrogens with zero attached hydrogens (tertiary/aromatic N) is 4. The van der Waals surface area contributed by atoms with E-state index in [1.807, 2.05) is 18.2 Å². The van der Waals surface area contributed by atoms with E-state index in [2.05, 4.69) is 10.1 Å². The van der Waals surface area contributed by atoms with Crippen LogP contribution in [-0.4, -0.2) is 34.8 Å². The summed E-state index contributed by atoms with van der Waals surface area (Å²) in [6, 6.07) is 14.9. The molecule has 0 amide bonds. The van der Waals surface area contributed by atoms with Gasteiger partial charge in [0.25, 0.3) is 0 Å². The molecule has 1 fully saturated rings. The van der Waals surface area contributed by atoms with E-state index in [-0.39, 0.29) is 35.6 Å². The number of nitrogens with two attached hydrogens (primary N) is 1. The number of anilines is 1. The lowest BCUT2D eigenvalue weighted by molar-refractivity contribution is 0.274. The van der Waals surface area contributed by atoms with Crippen LogP contribution in [-0.2, 0) is 0 Å². The second-order valence-electron chi connectivity index (χ2n) is 6.80. The molecule has 1 saturated heterocycles. The highest BCUT2D eigenvalue weighted by atomic mass is 19.1. The summed E-state index contributed by atoms with van der Waals surface area (Å²) in [6.07, 6.45) is 3.24. The Balaban J connectivity index is 1.73. The number of halogens is 2. The SMILES string of the molecule is NC=CC(=Nc1ccccc1)c1nn(-c2ccc(N3CC(F)C3)cc2F)ccc1=O. The van der Waals surface area contributed by atoms with Crippen molar-refractivity contribution < 1.29 is 8.78 Å². The predicted molar refractivity (Wildman–Crippen MR) is 113 cm³/mol. The van der Waals surface area contributed by atoms with Crippen LogP contribution in [0.15, 0.2) is 82.9 Å². The molecule has 0 unspecified atom stereocenters. The highest BCUT2D eigenvalue weighted by molar-refractivity contribution is 6.08. The Morgan fingerprint density at radius 2 is 1.93 bits per heavy atom. The number of aliphatic imine (C=N–C) groups is 1. The van der Waals surface area contributed by atoms with Crippen LogP contribution in [0.4, 0.5) is 20.2 Å². The smallest absolute Gasteiger partial charge is 0.209 e. The van der Waals surface area contributed by atoms with E-state index < -0.39 is 12.0 Å². The Bertz CT molecular complexity index is 1170. The van der Waals surface area contributed by atoms with Gasteiger partial charge in [0, 0.05) is 18.0 Å². The minimum absolute atomic E-state index is 0.0366. The molecule has 2 aromatic carbocycles. The molecule has 2 N–H and O–H groups in total. The van der Waals surface area contributed by atoms with E-state index in [1.165, 1.54) is 35.3 Å². The van der Waals surface area contributed by atoms with Crippen molar-refractivity contribution in [2.45, 2.75) is 6.17 Å². The summed E-state index contributed by atoms with van der Waals surface area (Å²) in [6.45, 7) is 0.508. The minimum atomic E-state index is -0.881. The van der Waals surface area contributed by atoms with E-state index >= 15 is 0 Å². The fraction of sp³-hybridized carbons (Fsp3) is 0.136. The molecule has 4 rings (SSSR count). The number of alkyl halides is 1. The highest BCUT2D eigenvalue weighted by Crippen LogP contribution is 2.25. The van der Waals surface area contributed by atoms with E-state index in [0.29, 0.717) is 11.4 Å². The Kier molecular flexibility index (Phi) is 5.38. The van der Waals surface area contributed by atoms with Gasteiger partial charge in [0.15, 0.2) is 11.5 Å². The van der Waals surface area contributed by atoms with Gasteiger partial charge in [-0.25, -0.2) is 18.5 Å². The van der Waals surface area contributed by atoms with Gasteiger partial charge >= 0.3 is 0 Å². The van der Waals surface area contributed by atoms with Crippen LogP contribution in [0.3, 0.4) is 0 Å². The minimum Gasteiger partial charge on any atom is -0.405 e. The summed E-state index contributed by atoms with van der Waals surface area (Å²) in [4.78, 5) is 18.6. The molecule has 0 radical (unpaired) electrons. The number of benzene rings is 2. The van der Waals surface area contributed by atoms with Gasteiger partial charge in [0.2, 0.25) is 5.43 Å². The van der Waals surface area contributed by atoms with Gasteiger partial charge in [-0.3, -0.25) is 4.79 Å². The zero-order valence-electron chi connectivity index (χ0n) is 16.0. The van der Waals surface area contributed by atoms with Gasteiger partial charge in [0.1, 0.15) is 11.9 Å². The zero-order valence-corrected chi connectivity index (χ0v) is 16.0. The standard InChI is InChI=1S/C22H19F2N5O/c23-15-13-28(14-15)17-6-7-20(18(24)12-17)29-11-9-21(30)22(27-29)19(8-10-25)26-16-4-2-1-3-5-16/h1-12,15H,13-14,25H2. The molecule has 6 nitrogen and oxygen atoms in total. The van der Waals surface area contributed by atoms with E-state index in [0.717, 1.165) is 0 Å². The van der Waals surface area contributed by atoms with Crippen LogP contribution in [0.2, 0.25) is 0 Å². The van der Waals surface area contributed by atoms with Crippen LogP contribution < -0.4 is 16.1 Å². The maximum atomic E-state index is 14.8. The van der Waals surface area contributed by atoms with Crippen molar-refractivity contribution in [1.82, 2.24) is 9.78 Å². The molecule has 152 valence electrons. The highest BCUT2D eigenvalue weighted by Gasteiger charge is 2.26.